The van der Waals surface area contributed by atoms with Gasteiger partial charge < -0.3 is 5.73 Å². The number of aromatic nitrogens is 4. The molecule has 0 aliphatic carbocycles. The third-order valence-electron chi connectivity index (χ3n) is 2.99. The minimum Gasteiger partial charge on any atom is -0.399 e. The standard InChI is InChI=1S/C14H12FN5/c1-9-13(15)14(18-8-17-9)20-7-11(6-19-20)10-2-4-12(16)5-3-10/h2-8H,16H2,1H3. The number of anilines is 1. The average Bonchev–Trinajstić information content (AvgIpc) is 2.92. The van der Waals surface area contributed by atoms with Gasteiger partial charge in [-0.1, -0.05) is 12.1 Å². The van der Waals surface area contributed by atoms with Crippen LogP contribution in [0.3, 0.4) is 0 Å². The second kappa shape index (κ2) is 4.73. The Bertz CT molecular complexity index is 749. The van der Waals surface area contributed by atoms with E-state index in [0.717, 1.165) is 11.1 Å². The molecule has 100 valence electrons. The van der Waals surface area contributed by atoms with E-state index >= 15 is 0 Å². The van der Waals surface area contributed by atoms with Gasteiger partial charge in [0.25, 0.3) is 0 Å². The number of nitrogen functional groups attached to an aromatic ring is 1. The molecule has 0 amide bonds. The largest absolute Gasteiger partial charge is 0.399 e. The summed E-state index contributed by atoms with van der Waals surface area (Å²) in [5.41, 5.74) is 8.45. The summed E-state index contributed by atoms with van der Waals surface area (Å²) in [6.07, 6.45) is 4.69. The topological polar surface area (TPSA) is 69.6 Å². The summed E-state index contributed by atoms with van der Waals surface area (Å²) in [6.45, 7) is 1.59. The van der Waals surface area contributed by atoms with Gasteiger partial charge in [0.05, 0.1) is 11.9 Å². The minimum atomic E-state index is -0.473. The minimum absolute atomic E-state index is 0.138. The van der Waals surface area contributed by atoms with Crippen LogP contribution in [0.1, 0.15) is 5.69 Å². The highest BCUT2D eigenvalue weighted by molar-refractivity contribution is 5.64. The van der Waals surface area contributed by atoms with E-state index in [4.69, 9.17) is 5.73 Å². The van der Waals surface area contributed by atoms with E-state index in [1.807, 2.05) is 24.3 Å². The molecule has 1 aromatic carbocycles. The van der Waals surface area contributed by atoms with Crippen LogP contribution in [0.2, 0.25) is 0 Å². The second-order valence-electron chi connectivity index (χ2n) is 4.39. The molecule has 2 N–H and O–H groups in total. The molecular formula is C14H12FN5. The SMILES string of the molecule is Cc1ncnc(-n2cc(-c3ccc(N)cc3)cn2)c1F. The molecule has 0 unspecified atom stereocenters. The zero-order valence-corrected chi connectivity index (χ0v) is 10.8. The van der Waals surface area contributed by atoms with Crippen molar-refractivity contribution < 1.29 is 4.39 Å². The zero-order valence-electron chi connectivity index (χ0n) is 10.8. The lowest BCUT2D eigenvalue weighted by atomic mass is 10.1. The number of hydrogen-bond donors (Lipinski definition) is 1. The van der Waals surface area contributed by atoms with Crippen molar-refractivity contribution in [1.29, 1.82) is 0 Å². The summed E-state index contributed by atoms with van der Waals surface area (Å²) in [4.78, 5) is 7.72. The van der Waals surface area contributed by atoms with Gasteiger partial charge in [-0.15, -0.1) is 0 Å². The number of halogens is 1. The maximum Gasteiger partial charge on any atom is 0.193 e. The fourth-order valence-corrected chi connectivity index (χ4v) is 1.87. The van der Waals surface area contributed by atoms with Crippen molar-refractivity contribution in [2.75, 3.05) is 5.73 Å². The quantitative estimate of drug-likeness (QED) is 0.725. The smallest absolute Gasteiger partial charge is 0.193 e. The van der Waals surface area contributed by atoms with Gasteiger partial charge in [-0.05, 0) is 24.6 Å². The van der Waals surface area contributed by atoms with Gasteiger partial charge in [-0.2, -0.15) is 5.10 Å². The highest BCUT2D eigenvalue weighted by Gasteiger charge is 2.11. The summed E-state index contributed by atoms with van der Waals surface area (Å²) in [5, 5.41) is 4.14. The number of rotatable bonds is 2. The lowest BCUT2D eigenvalue weighted by molar-refractivity contribution is 0.581. The van der Waals surface area contributed by atoms with E-state index in [2.05, 4.69) is 15.1 Å². The van der Waals surface area contributed by atoms with Crippen LogP contribution in [-0.4, -0.2) is 19.7 Å². The van der Waals surface area contributed by atoms with Gasteiger partial charge in [0.1, 0.15) is 6.33 Å². The zero-order chi connectivity index (χ0) is 14.1. The van der Waals surface area contributed by atoms with Crippen LogP contribution in [0.4, 0.5) is 10.1 Å². The Balaban J connectivity index is 2.02. The first-order valence-corrected chi connectivity index (χ1v) is 6.03. The fourth-order valence-electron chi connectivity index (χ4n) is 1.87. The first-order valence-electron chi connectivity index (χ1n) is 6.03. The summed E-state index contributed by atoms with van der Waals surface area (Å²) in [5.74, 6) is -0.335. The Morgan fingerprint density at radius 1 is 1.10 bits per heavy atom. The molecule has 2 heterocycles. The maximum atomic E-state index is 13.9. The predicted molar refractivity (Wildman–Crippen MR) is 73.7 cm³/mol. The Hall–Kier alpha value is -2.76. The molecule has 0 aliphatic rings. The van der Waals surface area contributed by atoms with Gasteiger partial charge in [0.15, 0.2) is 11.6 Å². The normalized spacial score (nSPS) is 10.7. The van der Waals surface area contributed by atoms with Crippen molar-refractivity contribution in [2.45, 2.75) is 6.92 Å². The van der Waals surface area contributed by atoms with Gasteiger partial charge >= 0.3 is 0 Å². The number of nitrogens with two attached hydrogens (primary N) is 1. The number of benzene rings is 1. The molecule has 20 heavy (non-hydrogen) atoms. The molecule has 0 saturated heterocycles. The average molecular weight is 269 g/mol. The van der Waals surface area contributed by atoms with Crippen molar-refractivity contribution in [3.63, 3.8) is 0 Å². The highest BCUT2D eigenvalue weighted by Crippen LogP contribution is 2.21. The van der Waals surface area contributed by atoms with Gasteiger partial charge in [0.2, 0.25) is 0 Å². The molecule has 0 radical (unpaired) electrons. The Kier molecular flexibility index (Phi) is 2.90. The van der Waals surface area contributed by atoms with Crippen LogP contribution in [0.15, 0.2) is 43.0 Å². The van der Waals surface area contributed by atoms with Crippen LogP contribution in [-0.2, 0) is 0 Å². The Morgan fingerprint density at radius 3 is 2.60 bits per heavy atom. The predicted octanol–water partition coefficient (Wildman–Crippen LogP) is 2.36. The van der Waals surface area contributed by atoms with E-state index in [1.165, 1.54) is 11.0 Å². The lowest BCUT2D eigenvalue weighted by Gasteiger charge is -2.02. The van der Waals surface area contributed by atoms with Crippen LogP contribution in [0, 0.1) is 12.7 Å². The molecule has 0 bridgehead atoms. The fraction of sp³-hybridized carbons (Fsp3) is 0.0714. The summed E-state index contributed by atoms with van der Waals surface area (Å²) in [6, 6.07) is 7.39. The third-order valence-corrected chi connectivity index (χ3v) is 2.99. The molecule has 0 atom stereocenters. The molecule has 0 spiro atoms. The molecule has 2 aromatic heterocycles. The molecular weight excluding hydrogens is 257 g/mol. The van der Waals surface area contributed by atoms with Crippen LogP contribution < -0.4 is 5.73 Å². The second-order valence-corrected chi connectivity index (χ2v) is 4.39. The summed E-state index contributed by atoms with van der Waals surface area (Å²) < 4.78 is 15.3. The van der Waals surface area contributed by atoms with Gasteiger partial charge in [-0.3, -0.25) is 0 Å². The van der Waals surface area contributed by atoms with Crippen molar-refractivity contribution in [1.82, 2.24) is 19.7 Å². The first kappa shape index (κ1) is 12.3. The van der Waals surface area contributed by atoms with E-state index in [-0.39, 0.29) is 5.82 Å². The number of aryl methyl sites for hydroxylation is 1. The molecule has 6 heteroatoms. The molecule has 0 fully saturated rings. The van der Waals surface area contributed by atoms with E-state index in [1.54, 1.807) is 19.3 Å². The van der Waals surface area contributed by atoms with E-state index in [0.29, 0.717) is 11.4 Å². The molecule has 0 saturated carbocycles. The van der Waals surface area contributed by atoms with Gasteiger partial charge in [0, 0.05) is 17.4 Å². The monoisotopic (exact) mass is 269 g/mol. The Labute approximate surface area is 114 Å². The molecule has 5 nitrogen and oxygen atoms in total. The van der Waals surface area contributed by atoms with Crippen LogP contribution in [0.5, 0.6) is 0 Å². The van der Waals surface area contributed by atoms with E-state index < -0.39 is 5.82 Å². The maximum absolute atomic E-state index is 13.9. The van der Waals surface area contributed by atoms with Crippen LogP contribution in [0.25, 0.3) is 16.9 Å². The molecule has 0 aliphatic heterocycles. The number of nitrogens with zero attached hydrogens (tertiary/aromatic N) is 4. The first-order chi connectivity index (χ1) is 9.65. The van der Waals surface area contributed by atoms with Crippen molar-refractivity contribution in [3.05, 3.63) is 54.5 Å². The molecule has 3 aromatic rings. The van der Waals surface area contributed by atoms with Crippen molar-refractivity contribution in [2.24, 2.45) is 0 Å². The third kappa shape index (κ3) is 2.11. The number of hydrogen-bond acceptors (Lipinski definition) is 4. The Morgan fingerprint density at radius 2 is 1.85 bits per heavy atom. The van der Waals surface area contributed by atoms with Crippen molar-refractivity contribution >= 4 is 5.69 Å². The van der Waals surface area contributed by atoms with Gasteiger partial charge in [-0.25, -0.2) is 19.0 Å². The molecule has 3 rings (SSSR count). The summed E-state index contributed by atoms with van der Waals surface area (Å²) >= 11 is 0. The lowest BCUT2D eigenvalue weighted by Crippen LogP contribution is -2.04. The van der Waals surface area contributed by atoms with Crippen molar-refractivity contribution in [3.8, 4) is 16.9 Å². The van der Waals surface area contributed by atoms with Crippen LogP contribution >= 0.6 is 0 Å². The summed E-state index contributed by atoms with van der Waals surface area (Å²) in [7, 11) is 0. The highest BCUT2D eigenvalue weighted by atomic mass is 19.1. The van der Waals surface area contributed by atoms with E-state index in [9.17, 15) is 4.39 Å².